The molecule has 1 aromatic carbocycles. The fourth-order valence-electron chi connectivity index (χ4n) is 3.50. The highest BCUT2D eigenvalue weighted by atomic mass is 16.3. The third kappa shape index (κ3) is 4.73. The quantitative estimate of drug-likeness (QED) is 0.650. The van der Waals surface area contributed by atoms with Gasteiger partial charge in [0.2, 0.25) is 0 Å². The van der Waals surface area contributed by atoms with E-state index in [1.807, 2.05) is 19.9 Å². The Hall–Kier alpha value is -2.07. The van der Waals surface area contributed by atoms with Gasteiger partial charge in [-0.3, -0.25) is 4.99 Å². The predicted octanol–water partition coefficient (Wildman–Crippen LogP) is 3.98. The average Bonchev–Trinajstić information content (AvgIpc) is 2.56. The number of hydrogen-bond acceptors (Lipinski definition) is 4. The second-order valence-corrected chi connectivity index (χ2v) is 7.20. The Kier molecular flexibility index (Phi) is 6.43. The Labute approximate surface area is 152 Å². The van der Waals surface area contributed by atoms with Gasteiger partial charge in [-0.25, -0.2) is 0 Å². The minimum Gasteiger partial charge on any atom is -0.507 e. The number of aliphatic imine (C=N–C) groups is 1. The van der Waals surface area contributed by atoms with Crippen LogP contribution in [0.1, 0.15) is 36.5 Å². The minimum absolute atomic E-state index is 0.257. The average molecular weight is 341 g/mol. The van der Waals surface area contributed by atoms with Crippen molar-refractivity contribution in [1.82, 2.24) is 9.80 Å². The lowest BCUT2D eigenvalue weighted by Gasteiger charge is -2.37. The topological polar surface area (TPSA) is 39.1 Å². The Morgan fingerprint density at radius 1 is 1.32 bits per heavy atom. The summed E-state index contributed by atoms with van der Waals surface area (Å²) in [4.78, 5) is 8.88. The van der Waals surface area contributed by atoms with Crippen molar-refractivity contribution in [3.63, 3.8) is 0 Å². The molecular formula is C21H31N3O. The number of phenols is 1. The Bertz CT molecular complexity index is 665. The number of aryl methyl sites for hydroxylation is 2. The van der Waals surface area contributed by atoms with E-state index in [1.165, 1.54) is 18.5 Å². The summed E-state index contributed by atoms with van der Waals surface area (Å²) in [6.07, 6.45) is 6.50. The van der Waals surface area contributed by atoms with Crippen molar-refractivity contribution < 1.29 is 5.11 Å². The first-order valence-electron chi connectivity index (χ1n) is 8.90. The zero-order valence-electron chi connectivity index (χ0n) is 16.2. The predicted molar refractivity (Wildman–Crippen MR) is 107 cm³/mol. The van der Waals surface area contributed by atoms with E-state index in [1.54, 1.807) is 6.07 Å². The number of likely N-dealkylation sites (tertiary alicyclic amines) is 1. The van der Waals surface area contributed by atoms with E-state index in [-0.39, 0.29) is 5.75 Å². The Morgan fingerprint density at radius 2 is 2.04 bits per heavy atom. The highest BCUT2D eigenvalue weighted by Gasteiger charge is 2.21. The van der Waals surface area contributed by atoms with Gasteiger partial charge < -0.3 is 14.9 Å². The summed E-state index contributed by atoms with van der Waals surface area (Å²) in [5.41, 5.74) is 4.73. The molecule has 0 bridgehead atoms. The molecule has 1 atom stereocenters. The zero-order valence-corrected chi connectivity index (χ0v) is 16.2. The summed E-state index contributed by atoms with van der Waals surface area (Å²) in [5.74, 6) is 0.257. The lowest BCUT2D eigenvalue weighted by Crippen LogP contribution is -2.44. The van der Waals surface area contributed by atoms with Gasteiger partial charge in [0, 0.05) is 30.4 Å². The minimum atomic E-state index is 0.257. The van der Waals surface area contributed by atoms with Crippen molar-refractivity contribution in [2.45, 2.75) is 39.7 Å². The van der Waals surface area contributed by atoms with Crippen LogP contribution in [-0.2, 0) is 0 Å². The first-order chi connectivity index (χ1) is 11.8. The summed E-state index contributed by atoms with van der Waals surface area (Å²) in [7, 11) is 4.30. The van der Waals surface area contributed by atoms with E-state index in [9.17, 15) is 5.11 Å². The van der Waals surface area contributed by atoms with Crippen LogP contribution in [0.15, 0.2) is 35.0 Å². The highest BCUT2D eigenvalue weighted by molar-refractivity contribution is 5.75. The molecule has 4 heteroatoms. The SMILES string of the molecule is C=N/C(=C\C=C(/C)N1CCCC(N(C)C)C1)c1c(C)cc(C)cc1O. The van der Waals surface area contributed by atoms with Gasteiger partial charge in [-0.05, 0) is 83.8 Å². The molecule has 1 N–H and O–H groups in total. The molecule has 4 nitrogen and oxygen atoms in total. The fourth-order valence-corrected chi connectivity index (χ4v) is 3.50. The van der Waals surface area contributed by atoms with Crippen molar-refractivity contribution >= 4 is 12.4 Å². The van der Waals surface area contributed by atoms with Crippen LogP contribution in [0.5, 0.6) is 5.75 Å². The van der Waals surface area contributed by atoms with Gasteiger partial charge in [0.05, 0.1) is 5.70 Å². The van der Waals surface area contributed by atoms with Crippen LogP contribution in [0.4, 0.5) is 0 Å². The summed E-state index contributed by atoms with van der Waals surface area (Å²) < 4.78 is 0. The number of piperidine rings is 1. The third-order valence-corrected chi connectivity index (χ3v) is 4.99. The number of likely N-dealkylation sites (N-methyl/N-ethyl adjacent to an activating group) is 1. The van der Waals surface area contributed by atoms with E-state index in [0.717, 1.165) is 29.8 Å². The van der Waals surface area contributed by atoms with E-state index >= 15 is 0 Å². The monoisotopic (exact) mass is 341 g/mol. The number of phenolic OH excluding ortho intramolecular Hbond substituents is 1. The van der Waals surface area contributed by atoms with Crippen molar-refractivity contribution in [3.05, 3.63) is 46.7 Å². The molecule has 0 aromatic heterocycles. The molecule has 1 aliphatic heterocycles. The lowest BCUT2D eigenvalue weighted by atomic mass is 10.0. The maximum atomic E-state index is 10.3. The van der Waals surface area contributed by atoms with Crippen LogP contribution in [0.25, 0.3) is 5.70 Å². The summed E-state index contributed by atoms with van der Waals surface area (Å²) >= 11 is 0. The van der Waals surface area contributed by atoms with Gasteiger partial charge in [-0.15, -0.1) is 0 Å². The molecule has 1 aromatic rings. The van der Waals surface area contributed by atoms with E-state index < -0.39 is 0 Å². The number of benzene rings is 1. The molecule has 0 amide bonds. The fraction of sp³-hybridized carbons (Fsp3) is 0.476. The maximum Gasteiger partial charge on any atom is 0.125 e. The molecule has 0 saturated carbocycles. The van der Waals surface area contributed by atoms with Crippen LogP contribution in [0.3, 0.4) is 0 Å². The van der Waals surface area contributed by atoms with Gasteiger partial charge >= 0.3 is 0 Å². The van der Waals surface area contributed by atoms with Crippen molar-refractivity contribution in [2.24, 2.45) is 4.99 Å². The molecule has 1 aliphatic rings. The van der Waals surface area contributed by atoms with Crippen LogP contribution in [0.2, 0.25) is 0 Å². The Balaban J connectivity index is 2.25. The smallest absolute Gasteiger partial charge is 0.125 e. The van der Waals surface area contributed by atoms with Crippen molar-refractivity contribution in [1.29, 1.82) is 0 Å². The third-order valence-electron chi connectivity index (χ3n) is 4.99. The van der Waals surface area contributed by atoms with Crippen LogP contribution >= 0.6 is 0 Å². The van der Waals surface area contributed by atoms with Gasteiger partial charge in [-0.1, -0.05) is 6.07 Å². The van der Waals surface area contributed by atoms with E-state index in [2.05, 4.69) is 54.7 Å². The Morgan fingerprint density at radius 3 is 2.64 bits per heavy atom. The van der Waals surface area contributed by atoms with Gasteiger partial charge in [0.25, 0.3) is 0 Å². The molecule has 1 unspecified atom stereocenters. The van der Waals surface area contributed by atoms with Crippen molar-refractivity contribution in [2.75, 3.05) is 27.2 Å². The number of aromatic hydroxyl groups is 1. The molecule has 0 aliphatic carbocycles. The molecule has 2 rings (SSSR count). The first kappa shape index (κ1) is 19.3. The highest BCUT2D eigenvalue weighted by Crippen LogP contribution is 2.31. The molecule has 136 valence electrons. The molecule has 25 heavy (non-hydrogen) atoms. The second-order valence-electron chi connectivity index (χ2n) is 7.20. The van der Waals surface area contributed by atoms with E-state index in [0.29, 0.717) is 11.7 Å². The first-order valence-corrected chi connectivity index (χ1v) is 8.90. The van der Waals surface area contributed by atoms with Crippen molar-refractivity contribution in [3.8, 4) is 5.75 Å². The number of allylic oxidation sites excluding steroid dienone is 3. The zero-order chi connectivity index (χ0) is 18.6. The summed E-state index contributed by atoms with van der Waals surface area (Å²) in [5, 5.41) is 10.3. The molecular weight excluding hydrogens is 310 g/mol. The molecule has 0 spiro atoms. The largest absolute Gasteiger partial charge is 0.507 e. The van der Waals surface area contributed by atoms with Gasteiger partial charge in [0.15, 0.2) is 0 Å². The van der Waals surface area contributed by atoms with E-state index in [4.69, 9.17) is 0 Å². The van der Waals surface area contributed by atoms with Crippen LogP contribution < -0.4 is 0 Å². The summed E-state index contributed by atoms with van der Waals surface area (Å²) in [6, 6.07) is 4.42. The second kappa shape index (κ2) is 8.34. The number of hydrogen-bond donors (Lipinski definition) is 1. The normalized spacial score (nSPS) is 19.4. The molecule has 1 saturated heterocycles. The summed E-state index contributed by atoms with van der Waals surface area (Å²) in [6.45, 7) is 11.9. The maximum absolute atomic E-state index is 10.3. The van der Waals surface area contributed by atoms with Gasteiger partial charge in [-0.2, -0.15) is 0 Å². The molecule has 1 heterocycles. The molecule has 1 fully saturated rings. The van der Waals surface area contributed by atoms with Crippen LogP contribution in [-0.4, -0.2) is 54.9 Å². The number of rotatable bonds is 5. The van der Waals surface area contributed by atoms with Gasteiger partial charge in [0.1, 0.15) is 5.75 Å². The number of nitrogens with zero attached hydrogens (tertiary/aromatic N) is 3. The standard InChI is InChI=1S/C21H31N3O/c1-15-12-16(2)21(20(25)13-15)19(22-4)10-9-17(3)24-11-7-8-18(14-24)23(5)6/h9-10,12-13,18,25H,4,7-8,11,14H2,1-3,5-6H3/b17-9+,19-10-. The molecule has 0 radical (unpaired) electrons. The van der Waals surface area contributed by atoms with Crippen LogP contribution in [0, 0.1) is 13.8 Å². The lowest BCUT2D eigenvalue weighted by molar-refractivity contribution is 0.160.